The van der Waals surface area contributed by atoms with Crippen molar-refractivity contribution in [3.63, 3.8) is 0 Å². The summed E-state index contributed by atoms with van der Waals surface area (Å²) in [6, 6.07) is 8.08. The topological polar surface area (TPSA) is 84.1 Å². The van der Waals surface area contributed by atoms with Gasteiger partial charge < -0.3 is 10.2 Å². The fourth-order valence-corrected chi connectivity index (χ4v) is 3.38. The van der Waals surface area contributed by atoms with Crippen LogP contribution in [0, 0.1) is 5.92 Å². The summed E-state index contributed by atoms with van der Waals surface area (Å²) in [5.41, 5.74) is 1.71. The summed E-state index contributed by atoms with van der Waals surface area (Å²) >= 11 is 0. The Balaban J connectivity index is 1.35. The van der Waals surface area contributed by atoms with Crippen LogP contribution in [0.4, 0.5) is 11.6 Å². The molecule has 0 saturated carbocycles. The highest BCUT2D eigenvalue weighted by atomic mass is 15.4. The molecule has 0 radical (unpaired) electrons. The molecule has 8 nitrogen and oxygen atoms in total. The van der Waals surface area contributed by atoms with E-state index in [1.807, 2.05) is 28.8 Å². The molecule has 8 heteroatoms. The quantitative estimate of drug-likeness (QED) is 0.728. The molecule has 0 atom stereocenters. The van der Waals surface area contributed by atoms with Gasteiger partial charge in [0.15, 0.2) is 11.5 Å². The van der Waals surface area contributed by atoms with E-state index in [2.05, 4.69) is 72.2 Å². The van der Waals surface area contributed by atoms with E-state index >= 15 is 0 Å². The summed E-state index contributed by atoms with van der Waals surface area (Å²) in [5.74, 6) is 3.23. The summed E-state index contributed by atoms with van der Waals surface area (Å²) < 4.78 is 1.87. The number of nitrogens with one attached hydrogen (secondary N) is 1. The van der Waals surface area contributed by atoms with E-state index < -0.39 is 0 Å². The van der Waals surface area contributed by atoms with Crippen LogP contribution in [0.3, 0.4) is 0 Å². The van der Waals surface area contributed by atoms with Gasteiger partial charge in [-0.3, -0.25) is 0 Å². The van der Waals surface area contributed by atoms with Gasteiger partial charge in [-0.15, -0.1) is 20.4 Å². The van der Waals surface area contributed by atoms with Gasteiger partial charge in [-0.1, -0.05) is 41.5 Å². The number of fused-ring (bicyclic) bond motifs is 1. The molecule has 3 aromatic rings. The van der Waals surface area contributed by atoms with Gasteiger partial charge in [0.1, 0.15) is 11.6 Å². The van der Waals surface area contributed by atoms with Gasteiger partial charge in [0.25, 0.3) is 0 Å². The van der Waals surface area contributed by atoms with Crippen LogP contribution < -0.4 is 10.2 Å². The molecule has 0 bridgehead atoms. The monoisotopic (exact) mass is 394 g/mol. The Morgan fingerprint density at radius 3 is 2.28 bits per heavy atom. The lowest BCUT2D eigenvalue weighted by atomic mass is 9.92. The summed E-state index contributed by atoms with van der Waals surface area (Å²) in [4.78, 5) is 2.28. The smallest absolute Gasteiger partial charge is 0.178 e. The number of rotatable bonds is 4. The van der Waals surface area contributed by atoms with Crippen molar-refractivity contribution in [3.05, 3.63) is 35.8 Å². The minimum absolute atomic E-state index is 0.0196. The highest BCUT2D eigenvalue weighted by Crippen LogP contribution is 2.26. The van der Waals surface area contributed by atoms with E-state index in [9.17, 15) is 0 Å². The fourth-order valence-electron chi connectivity index (χ4n) is 3.38. The standard InChI is InChI=1S/C21H30N8/c1-20(2,3)15-7-8-16(24-23-15)22-11-14-12-28(13-14)18-10-9-17-25-26-19(21(4,5)6)29(17)27-18/h7-10,14H,11-13H2,1-6H3,(H,22,24). The zero-order valence-corrected chi connectivity index (χ0v) is 18.1. The SMILES string of the molecule is CC(C)(C)c1ccc(NCC2CN(c3ccc4nnc(C(C)(C)C)n4n3)C2)nn1. The summed E-state index contributed by atoms with van der Waals surface area (Å²) in [6.45, 7) is 15.6. The molecule has 29 heavy (non-hydrogen) atoms. The van der Waals surface area contributed by atoms with Crippen molar-refractivity contribution in [3.8, 4) is 0 Å². The number of nitrogens with zero attached hydrogens (tertiary/aromatic N) is 7. The maximum atomic E-state index is 4.78. The minimum atomic E-state index is -0.101. The molecule has 1 fully saturated rings. The first kappa shape index (κ1) is 19.5. The third-order valence-electron chi connectivity index (χ3n) is 5.21. The van der Waals surface area contributed by atoms with E-state index in [1.54, 1.807) is 0 Å². The number of hydrogen-bond donors (Lipinski definition) is 1. The van der Waals surface area contributed by atoms with Gasteiger partial charge in [0.05, 0.1) is 5.69 Å². The van der Waals surface area contributed by atoms with E-state index in [0.29, 0.717) is 5.92 Å². The molecule has 0 spiro atoms. The van der Waals surface area contributed by atoms with Crippen molar-refractivity contribution in [2.45, 2.75) is 52.4 Å². The number of anilines is 2. The van der Waals surface area contributed by atoms with Crippen LogP contribution in [0.1, 0.15) is 53.1 Å². The Bertz CT molecular complexity index is 988. The third-order valence-corrected chi connectivity index (χ3v) is 5.21. The molecular formula is C21H30N8. The summed E-state index contributed by atoms with van der Waals surface area (Å²) in [7, 11) is 0. The fraction of sp³-hybridized carbons (Fsp3) is 0.571. The third kappa shape index (κ3) is 4.02. The van der Waals surface area contributed by atoms with Crippen molar-refractivity contribution < 1.29 is 0 Å². The predicted molar refractivity (Wildman–Crippen MR) is 114 cm³/mol. The van der Waals surface area contributed by atoms with E-state index in [1.165, 1.54) is 0 Å². The maximum Gasteiger partial charge on any atom is 0.178 e. The normalized spacial score (nSPS) is 15.6. The van der Waals surface area contributed by atoms with Gasteiger partial charge >= 0.3 is 0 Å². The lowest BCUT2D eigenvalue weighted by Crippen LogP contribution is -2.50. The highest BCUT2D eigenvalue weighted by molar-refractivity contribution is 5.48. The Labute approximate surface area is 171 Å². The van der Waals surface area contributed by atoms with Gasteiger partial charge in [-0.2, -0.15) is 9.61 Å². The molecule has 1 aliphatic heterocycles. The van der Waals surface area contributed by atoms with Crippen LogP contribution in [0.15, 0.2) is 24.3 Å². The first-order chi connectivity index (χ1) is 13.6. The Hall–Kier alpha value is -2.77. The molecule has 1 saturated heterocycles. The molecule has 0 amide bonds. The van der Waals surface area contributed by atoms with Crippen molar-refractivity contribution in [2.24, 2.45) is 5.92 Å². The lowest BCUT2D eigenvalue weighted by Gasteiger charge is -2.40. The first-order valence-corrected chi connectivity index (χ1v) is 10.2. The Morgan fingerprint density at radius 1 is 0.897 bits per heavy atom. The molecule has 0 aliphatic carbocycles. The molecule has 0 aromatic carbocycles. The summed E-state index contributed by atoms with van der Waals surface area (Å²) in [5, 5.41) is 25.4. The molecule has 1 N–H and O–H groups in total. The molecule has 4 rings (SSSR count). The first-order valence-electron chi connectivity index (χ1n) is 10.2. The lowest BCUT2D eigenvalue weighted by molar-refractivity contribution is 0.423. The largest absolute Gasteiger partial charge is 0.368 e. The molecule has 4 heterocycles. The Morgan fingerprint density at radius 2 is 1.66 bits per heavy atom. The van der Waals surface area contributed by atoms with Crippen molar-refractivity contribution in [2.75, 3.05) is 29.9 Å². The number of hydrogen-bond acceptors (Lipinski definition) is 7. The summed E-state index contributed by atoms with van der Waals surface area (Å²) in [6.07, 6.45) is 0. The Kier molecular flexibility index (Phi) is 4.67. The van der Waals surface area contributed by atoms with Gasteiger partial charge in [0, 0.05) is 36.4 Å². The van der Waals surface area contributed by atoms with Crippen molar-refractivity contribution >= 4 is 17.3 Å². The average Bonchev–Trinajstić information content (AvgIpc) is 3.03. The molecule has 3 aromatic heterocycles. The maximum absolute atomic E-state index is 4.78. The molecule has 1 aliphatic rings. The van der Waals surface area contributed by atoms with E-state index in [-0.39, 0.29) is 10.8 Å². The number of aromatic nitrogens is 6. The zero-order chi connectivity index (χ0) is 20.8. The molecule has 0 unspecified atom stereocenters. The second-order valence-electron chi connectivity index (χ2n) is 9.94. The highest BCUT2D eigenvalue weighted by Gasteiger charge is 2.29. The van der Waals surface area contributed by atoms with Crippen LogP contribution in [-0.4, -0.2) is 49.6 Å². The van der Waals surface area contributed by atoms with Crippen LogP contribution in [0.2, 0.25) is 0 Å². The van der Waals surface area contributed by atoms with Crippen molar-refractivity contribution in [1.29, 1.82) is 0 Å². The van der Waals surface area contributed by atoms with Crippen LogP contribution in [0.5, 0.6) is 0 Å². The van der Waals surface area contributed by atoms with Crippen LogP contribution in [-0.2, 0) is 10.8 Å². The second kappa shape index (κ2) is 6.93. The van der Waals surface area contributed by atoms with Gasteiger partial charge in [0.2, 0.25) is 0 Å². The van der Waals surface area contributed by atoms with Crippen LogP contribution >= 0.6 is 0 Å². The predicted octanol–water partition coefficient (Wildman–Crippen LogP) is 3.06. The molecular weight excluding hydrogens is 364 g/mol. The van der Waals surface area contributed by atoms with Crippen LogP contribution in [0.25, 0.3) is 5.65 Å². The van der Waals surface area contributed by atoms with E-state index in [4.69, 9.17) is 5.10 Å². The van der Waals surface area contributed by atoms with E-state index in [0.717, 1.165) is 48.4 Å². The van der Waals surface area contributed by atoms with Gasteiger partial charge in [-0.25, -0.2) is 0 Å². The van der Waals surface area contributed by atoms with Crippen molar-refractivity contribution in [1.82, 2.24) is 30.0 Å². The second-order valence-corrected chi connectivity index (χ2v) is 9.94. The minimum Gasteiger partial charge on any atom is -0.368 e. The zero-order valence-electron chi connectivity index (χ0n) is 18.1. The molecule has 154 valence electrons. The van der Waals surface area contributed by atoms with Gasteiger partial charge in [-0.05, 0) is 24.3 Å². The average molecular weight is 395 g/mol.